The van der Waals surface area contributed by atoms with Crippen molar-refractivity contribution in [1.82, 2.24) is 5.32 Å². The second-order valence-electron chi connectivity index (χ2n) is 7.76. The molecule has 1 aliphatic carbocycles. The van der Waals surface area contributed by atoms with Gasteiger partial charge in [-0.2, -0.15) is 0 Å². The highest BCUT2D eigenvalue weighted by Crippen LogP contribution is 2.31. The minimum Gasteiger partial charge on any atom is -0.337 e. The van der Waals surface area contributed by atoms with Crippen LogP contribution in [0.4, 0.5) is 5.69 Å². The van der Waals surface area contributed by atoms with Gasteiger partial charge in [-0.1, -0.05) is 42.5 Å². The molecule has 0 radical (unpaired) electrons. The highest BCUT2D eigenvalue weighted by molar-refractivity contribution is 8.13. The van der Waals surface area contributed by atoms with Gasteiger partial charge in [0, 0.05) is 28.4 Å². The molecule has 0 fully saturated rings. The molecule has 1 unspecified atom stereocenters. The van der Waals surface area contributed by atoms with Gasteiger partial charge in [-0.15, -0.1) is 0 Å². The number of carbonyl (C=O) groups excluding carboxylic acids is 2. The van der Waals surface area contributed by atoms with Crippen molar-refractivity contribution in [2.75, 3.05) is 5.32 Å². The highest BCUT2D eigenvalue weighted by Gasteiger charge is 2.42. The van der Waals surface area contributed by atoms with Crippen molar-refractivity contribution in [1.29, 1.82) is 0 Å². The fourth-order valence-corrected chi connectivity index (χ4v) is 4.69. The van der Waals surface area contributed by atoms with E-state index in [2.05, 4.69) is 10.6 Å². The summed E-state index contributed by atoms with van der Waals surface area (Å²) in [6.45, 7) is 0. The molecular weight excluding hydrogens is 448 g/mol. The Morgan fingerprint density at radius 3 is 2.12 bits per heavy atom. The Bertz CT molecular complexity index is 1260. The molecule has 0 spiro atoms. The summed E-state index contributed by atoms with van der Waals surface area (Å²) in [4.78, 5) is 26.4. The maximum absolute atomic E-state index is 13.5. The maximum Gasteiger partial charge on any atom is 0.261 e. The lowest BCUT2D eigenvalue weighted by Gasteiger charge is -2.37. The predicted octanol–water partition coefficient (Wildman–Crippen LogP) is 3.91. The van der Waals surface area contributed by atoms with Crippen LogP contribution in [0.5, 0.6) is 0 Å². The normalized spacial score (nSPS) is 17.8. The predicted molar refractivity (Wildman–Crippen MR) is 123 cm³/mol. The second kappa shape index (κ2) is 8.76. The third kappa shape index (κ3) is 4.69. The van der Waals surface area contributed by atoms with E-state index >= 15 is 0 Å². The maximum atomic E-state index is 13.5. The number of benzene rings is 3. The Kier molecular flexibility index (Phi) is 6.04. The van der Waals surface area contributed by atoms with Gasteiger partial charge >= 0.3 is 0 Å². The average Bonchev–Trinajstić information content (AvgIpc) is 2.79. The zero-order valence-electron chi connectivity index (χ0n) is 17.0. The first-order valence-electron chi connectivity index (χ1n) is 10.1. The number of halogens is 1. The van der Waals surface area contributed by atoms with Gasteiger partial charge in [-0.3, -0.25) is 9.59 Å². The molecule has 0 aromatic heterocycles. The van der Waals surface area contributed by atoms with Gasteiger partial charge in [-0.25, -0.2) is 8.42 Å². The topological polar surface area (TPSA) is 92.3 Å². The summed E-state index contributed by atoms with van der Waals surface area (Å²) in [5.74, 6) is -0.693. The lowest BCUT2D eigenvalue weighted by Crippen LogP contribution is -2.59. The van der Waals surface area contributed by atoms with E-state index in [0.717, 1.165) is 11.1 Å². The number of rotatable bonds is 5. The van der Waals surface area contributed by atoms with Crippen LogP contribution in [0.2, 0.25) is 0 Å². The van der Waals surface area contributed by atoms with Gasteiger partial charge in [0.15, 0.2) is 0 Å². The van der Waals surface area contributed by atoms with E-state index in [0.29, 0.717) is 30.5 Å². The Labute approximate surface area is 191 Å². The third-order valence-corrected chi connectivity index (χ3v) is 7.02. The molecule has 32 heavy (non-hydrogen) atoms. The molecule has 6 nitrogen and oxygen atoms in total. The van der Waals surface area contributed by atoms with Crippen molar-refractivity contribution >= 4 is 37.2 Å². The molecular formula is C24H21ClN2O4S. The lowest BCUT2D eigenvalue weighted by molar-refractivity contribution is -0.122. The summed E-state index contributed by atoms with van der Waals surface area (Å²) in [6.07, 6.45) is 1.42. The monoisotopic (exact) mass is 468 g/mol. The van der Waals surface area contributed by atoms with Crippen molar-refractivity contribution in [2.45, 2.75) is 29.7 Å². The van der Waals surface area contributed by atoms with Gasteiger partial charge in [0.25, 0.3) is 15.0 Å². The molecule has 3 aromatic rings. The van der Waals surface area contributed by atoms with Crippen molar-refractivity contribution in [2.24, 2.45) is 0 Å². The first-order valence-corrected chi connectivity index (χ1v) is 12.4. The number of nitrogens with one attached hydrogen (secondary N) is 2. The molecule has 2 N–H and O–H groups in total. The molecule has 0 heterocycles. The van der Waals surface area contributed by atoms with E-state index in [1.807, 2.05) is 30.3 Å². The van der Waals surface area contributed by atoms with Gasteiger partial charge in [0.05, 0.1) is 4.90 Å². The number of aryl methyl sites for hydroxylation is 1. The van der Waals surface area contributed by atoms with Crippen molar-refractivity contribution in [3.63, 3.8) is 0 Å². The Hall–Kier alpha value is -3.16. The van der Waals surface area contributed by atoms with Crippen molar-refractivity contribution in [3.8, 4) is 0 Å². The van der Waals surface area contributed by atoms with Crippen LogP contribution in [0.3, 0.4) is 0 Å². The van der Waals surface area contributed by atoms with Crippen LogP contribution in [0.25, 0.3) is 0 Å². The highest BCUT2D eigenvalue weighted by atomic mass is 35.7. The van der Waals surface area contributed by atoms with E-state index in [1.165, 1.54) is 24.3 Å². The van der Waals surface area contributed by atoms with Crippen LogP contribution >= 0.6 is 10.7 Å². The number of carbonyl (C=O) groups is 2. The van der Waals surface area contributed by atoms with E-state index in [9.17, 15) is 18.0 Å². The van der Waals surface area contributed by atoms with Crippen LogP contribution in [-0.2, 0) is 26.7 Å². The van der Waals surface area contributed by atoms with E-state index in [4.69, 9.17) is 10.7 Å². The van der Waals surface area contributed by atoms with Gasteiger partial charge in [0.1, 0.15) is 5.54 Å². The fourth-order valence-electron chi connectivity index (χ4n) is 3.92. The lowest BCUT2D eigenvalue weighted by atomic mass is 9.77. The van der Waals surface area contributed by atoms with Crippen LogP contribution < -0.4 is 10.6 Å². The summed E-state index contributed by atoms with van der Waals surface area (Å²) in [5, 5.41) is 5.80. The third-order valence-electron chi connectivity index (χ3n) is 5.65. The van der Waals surface area contributed by atoms with E-state index in [1.54, 1.807) is 24.3 Å². The van der Waals surface area contributed by atoms with Crippen LogP contribution in [0.15, 0.2) is 83.8 Å². The largest absolute Gasteiger partial charge is 0.337 e. The first-order chi connectivity index (χ1) is 15.3. The van der Waals surface area contributed by atoms with Gasteiger partial charge in [-0.05, 0) is 60.4 Å². The summed E-state index contributed by atoms with van der Waals surface area (Å²) >= 11 is 0. The quantitative estimate of drug-likeness (QED) is 0.555. The van der Waals surface area contributed by atoms with Gasteiger partial charge < -0.3 is 10.6 Å². The van der Waals surface area contributed by atoms with Crippen molar-refractivity contribution < 1.29 is 18.0 Å². The van der Waals surface area contributed by atoms with E-state index < -0.39 is 14.6 Å². The molecule has 1 atom stereocenters. The van der Waals surface area contributed by atoms with Crippen LogP contribution in [0, 0.1) is 0 Å². The number of hydrogen-bond acceptors (Lipinski definition) is 4. The summed E-state index contributed by atoms with van der Waals surface area (Å²) < 4.78 is 22.9. The SMILES string of the molecule is O=C(NC1(C(=O)Nc2ccc(S(=O)(=O)Cl)cc2)CCc2ccccc2C1)c1ccccc1. The number of fused-ring (bicyclic) bond motifs is 1. The van der Waals surface area contributed by atoms with Gasteiger partial charge in [0.2, 0.25) is 5.91 Å². The number of amides is 2. The molecule has 1 aliphatic rings. The Morgan fingerprint density at radius 1 is 0.844 bits per heavy atom. The molecule has 8 heteroatoms. The molecule has 0 bridgehead atoms. The Balaban J connectivity index is 1.63. The number of hydrogen-bond donors (Lipinski definition) is 2. The molecule has 4 rings (SSSR count). The fraction of sp³-hybridized carbons (Fsp3) is 0.167. The summed E-state index contributed by atoms with van der Waals surface area (Å²) in [7, 11) is 1.50. The minimum absolute atomic E-state index is 0.0594. The Morgan fingerprint density at radius 2 is 1.47 bits per heavy atom. The zero-order valence-corrected chi connectivity index (χ0v) is 18.6. The average molecular weight is 469 g/mol. The molecule has 0 aliphatic heterocycles. The zero-order chi connectivity index (χ0) is 22.8. The standard InChI is InChI=1S/C24H21ClN2O4S/c25-32(30,31)21-12-10-20(11-13-21)26-23(29)24(27-22(28)18-7-2-1-3-8-18)15-14-17-6-4-5-9-19(17)16-24/h1-13H,14-16H2,(H,26,29)(H,27,28). The molecule has 164 valence electrons. The summed E-state index contributed by atoms with van der Waals surface area (Å²) in [6, 6.07) is 22.2. The molecule has 2 amide bonds. The minimum atomic E-state index is -3.86. The first kappa shape index (κ1) is 22.0. The molecule has 0 saturated heterocycles. The smallest absolute Gasteiger partial charge is 0.261 e. The summed E-state index contributed by atoms with van der Waals surface area (Å²) in [5.41, 5.74) is 1.88. The van der Waals surface area contributed by atoms with Crippen molar-refractivity contribution in [3.05, 3.63) is 95.6 Å². The second-order valence-corrected chi connectivity index (χ2v) is 10.3. The molecule has 3 aromatic carbocycles. The number of anilines is 1. The van der Waals surface area contributed by atoms with Crippen LogP contribution in [0.1, 0.15) is 27.9 Å². The van der Waals surface area contributed by atoms with Crippen LogP contribution in [-0.4, -0.2) is 25.8 Å². The van der Waals surface area contributed by atoms with E-state index in [-0.39, 0.29) is 16.7 Å². The molecule has 0 saturated carbocycles.